The second-order valence-electron chi connectivity index (χ2n) is 7.59. The molecule has 3 heterocycles. The molecule has 0 saturated carbocycles. The van der Waals surface area contributed by atoms with Crippen molar-refractivity contribution < 1.29 is 34.0 Å². The summed E-state index contributed by atoms with van der Waals surface area (Å²) in [5.41, 5.74) is -0.542. The molecule has 1 saturated heterocycles. The Morgan fingerprint density at radius 3 is 2.67 bits per heavy atom. The van der Waals surface area contributed by atoms with E-state index in [0.717, 1.165) is 0 Å². The lowest BCUT2D eigenvalue weighted by Crippen LogP contribution is -2.39. The van der Waals surface area contributed by atoms with Gasteiger partial charge < -0.3 is 29.5 Å². The van der Waals surface area contributed by atoms with Gasteiger partial charge in [-0.3, -0.25) is 9.13 Å². The molecule has 13 heteroatoms. The highest BCUT2D eigenvalue weighted by Crippen LogP contribution is 2.53. The Labute approximate surface area is 178 Å². The van der Waals surface area contributed by atoms with E-state index in [-0.39, 0.29) is 18.0 Å². The molecule has 0 bridgehead atoms. The van der Waals surface area contributed by atoms with Crippen molar-refractivity contribution >= 4 is 30.4 Å². The van der Waals surface area contributed by atoms with Crippen molar-refractivity contribution in [3.63, 3.8) is 0 Å². The molecule has 3 rings (SSSR count). The molecule has 7 atom stereocenters. The Kier molecular flexibility index (Phi) is 6.86. The average Bonchev–Trinajstić information content (AvgIpc) is 3.24. The van der Waals surface area contributed by atoms with Gasteiger partial charge in [0.15, 0.2) is 22.9 Å². The summed E-state index contributed by atoms with van der Waals surface area (Å²) in [6.45, 7) is 4.90. The lowest BCUT2D eigenvalue weighted by atomic mass is 9.93. The number of hydrogen-bond acceptors (Lipinski definition) is 9. The number of aliphatic hydroxyl groups excluding tert-OH is 3. The lowest BCUT2D eigenvalue weighted by Gasteiger charge is -2.34. The molecule has 1 aliphatic heterocycles. The Balaban J connectivity index is 1.82. The zero-order chi connectivity index (χ0) is 22.3. The predicted molar refractivity (Wildman–Crippen MR) is 107 cm³/mol. The van der Waals surface area contributed by atoms with Crippen LogP contribution in [0.15, 0.2) is 12.7 Å². The quantitative estimate of drug-likeness (QED) is 0.333. The van der Waals surface area contributed by atoms with Crippen LogP contribution in [0.1, 0.15) is 46.3 Å². The van der Waals surface area contributed by atoms with Crippen LogP contribution in [-0.2, 0) is 13.8 Å². The Morgan fingerprint density at radius 1 is 1.33 bits per heavy atom. The Hall–Kier alpha value is -1.17. The monoisotopic (exact) mass is 464 g/mol. The maximum atomic E-state index is 12.4. The van der Waals surface area contributed by atoms with E-state index in [1.165, 1.54) is 17.2 Å². The van der Waals surface area contributed by atoms with Crippen LogP contribution in [0.4, 0.5) is 0 Å². The molecule has 0 aliphatic carbocycles. The minimum absolute atomic E-state index is 0.00157. The lowest BCUT2D eigenvalue weighted by molar-refractivity contribution is -0.0667. The molecular formula is C17H26ClN4O7P. The molecule has 11 nitrogen and oxygen atoms in total. The first-order valence-electron chi connectivity index (χ1n) is 9.59. The molecule has 1 aliphatic rings. The van der Waals surface area contributed by atoms with E-state index in [9.17, 15) is 24.8 Å². The topological polar surface area (TPSA) is 160 Å². The SMILES string of the molecule is CCC(O)P(=O)(O)OC(C)(CC)CC1O[C@@H](n2cnc3c(Cl)ncnc32)[C@H](O)[C@@H]1O. The third-order valence-corrected chi connectivity index (χ3v) is 7.50. The van der Waals surface area contributed by atoms with Crippen molar-refractivity contribution in [2.75, 3.05) is 0 Å². The van der Waals surface area contributed by atoms with Crippen molar-refractivity contribution in [3.8, 4) is 0 Å². The molecule has 0 spiro atoms. The summed E-state index contributed by atoms with van der Waals surface area (Å²) in [7, 11) is -4.31. The molecular weight excluding hydrogens is 439 g/mol. The van der Waals surface area contributed by atoms with Crippen LogP contribution in [0.25, 0.3) is 11.2 Å². The first kappa shape index (κ1) is 23.5. The fourth-order valence-electron chi connectivity index (χ4n) is 3.42. The van der Waals surface area contributed by atoms with Gasteiger partial charge in [0.2, 0.25) is 0 Å². The van der Waals surface area contributed by atoms with Gasteiger partial charge in [-0.25, -0.2) is 15.0 Å². The number of nitrogens with zero attached hydrogens (tertiary/aromatic N) is 4. The molecule has 4 N–H and O–H groups in total. The van der Waals surface area contributed by atoms with Crippen LogP contribution in [0.2, 0.25) is 5.15 Å². The van der Waals surface area contributed by atoms with Gasteiger partial charge in [-0.15, -0.1) is 0 Å². The molecule has 30 heavy (non-hydrogen) atoms. The summed E-state index contributed by atoms with van der Waals surface area (Å²) in [5, 5.41) is 31.1. The molecule has 4 unspecified atom stereocenters. The van der Waals surface area contributed by atoms with Gasteiger partial charge >= 0.3 is 7.60 Å². The molecule has 0 amide bonds. The number of ether oxygens (including phenoxy) is 1. The van der Waals surface area contributed by atoms with E-state index in [4.69, 9.17) is 20.9 Å². The second-order valence-corrected chi connectivity index (χ2v) is 9.85. The van der Waals surface area contributed by atoms with Crippen molar-refractivity contribution in [1.82, 2.24) is 19.5 Å². The fraction of sp³-hybridized carbons (Fsp3) is 0.706. The van der Waals surface area contributed by atoms with E-state index < -0.39 is 43.6 Å². The maximum absolute atomic E-state index is 12.4. The van der Waals surface area contributed by atoms with Crippen LogP contribution in [0, 0.1) is 0 Å². The van der Waals surface area contributed by atoms with Crippen molar-refractivity contribution in [2.24, 2.45) is 0 Å². The van der Waals surface area contributed by atoms with E-state index >= 15 is 0 Å². The van der Waals surface area contributed by atoms with Crippen LogP contribution in [0.3, 0.4) is 0 Å². The molecule has 0 aromatic carbocycles. The number of fused-ring (bicyclic) bond motifs is 1. The van der Waals surface area contributed by atoms with Crippen LogP contribution in [0.5, 0.6) is 0 Å². The number of rotatable bonds is 8. The van der Waals surface area contributed by atoms with Gasteiger partial charge in [-0.05, 0) is 19.8 Å². The third-order valence-electron chi connectivity index (χ3n) is 5.40. The van der Waals surface area contributed by atoms with Gasteiger partial charge in [0.05, 0.1) is 18.0 Å². The number of imidazole rings is 1. The Bertz CT molecular complexity index is 946. The highest BCUT2D eigenvalue weighted by molar-refractivity contribution is 7.53. The first-order valence-corrected chi connectivity index (χ1v) is 11.6. The van der Waals surface area contributed by atoms with E-state index in [0.29, 0.717) is 17.6 Å². The zero-order valence-electron chi connectivity index (χ0n) is 16.8. The minimum atomic E-state index is -4.31. The summed E-state index contributed by atoms with van der Waals surface area (Å²) in [6.07, 6.45) is -1.55. The summed E-state index contributed by atoms with van der Waals surface area (Å²) >= 11 is 6.01. The molecule has 168 valence electrons. The van der Waals surface area contributed by atoms with Crippen molar-refractivity contribution in [3.05, 3.63) is 17.8 Å². The van der Waals surface area contributed by atoms with E-state index in [1.807, 2.05) is 0 Å². The van der Waals surface area contributed by atoms with Crippen LogP contribution >= 0.6 is 19.2 Å². The second kappa shape index (κ2) is 8.76. The molecule has 1 fully saturated rings. The largest absolute Gasteiger partial charge is 0.388 e. The van der Waals surface area contributed by atoms with E-state index in [2.05, 4.69) is 15.0 Å². The third kappa shape index (κ3) is 4.39. The maximum Gasteiger partial charge on any atom is 0.356 e. The average molecular weight is 465 g/mol. The summed E-state index contributed by atoms with van der Waals surface area (Å²) < 4.78 is 25.1. The molecule has 2 aromatic rings. The van der Waals surface area contributed by atoms with Gasteiger partial charge in [-0.1, -0.05) is 25.4 Å². The summed E-state index contributed by atoms with van der Waals surface area (Å²) in [6, 6.07) is 0. The zero-order valence-corrected chi connectivity index (χ0v) is 18.4. The van der Waals surface area contributed by atoms with Gasteiger partial charge in [-0.2, -0.15) is 0 Å². The van der Waals surface area contributed by atoms with Crippen LogP contribution in [-0.4, -0.2) is 69.5 Å². The standard InChI is InChI=1S/C17H26ClN4O7P/c1-4-10(23)30(26,27)29-17(3,5-2)6-9-12(24)13(25)16(28-9)22-8-21-11-14(18)19-7-20-15(11)22/h7-10,12-13,16,23-25H,4-6H2,1-3H3,(H,26,27)/t9?,10?,12-,13-,16-,17?/m1/s1. The summed E-state index contributed by atoms with van der Waals surface area (Å²) in [4.78, 5) is 22.2. The first-order chi connectivity index (χ1) is 14.0. The molecule has 0 radical (unpaired) electrons. The predicted octanol–water partition coefficient (Wildman–Crippen LogP) is 1.59. The Morgan fingerprint density at radius 2 is 2.03 bits per heavy atom. The fourth-order valence-corrected chi connectivity index (χ4v) is 5.01. The van der Waals surface area contributed by atoms with Crippen LogP contribution < -0.4 is 0 Å². The smallest absolute Gasteiger partial charge is 0.356 e. The molecule has 2 aromatic heterocycles. The van der Waals surface area contributed by atoms with E-state index in [1.54, 1.807) is 20.8 Å². The number of halogens is 1. The summed E-state index contributed by atoms with van der Waals surface area (Å²) in [5.74, 6) is -1.52. The number of hydrogen-bond donors (Lipinski definition) is 4. The number of aliphatic hydroxyl groups is 3. The van der Waals surface area contributed by atoms with Crippen molar-refractivity contribution in [1.29, 1.82) is 0 Å². The highest BCUT2D eigenvalue weighted by atomic mass is 35.5. The van der Waals surface area contributed by atoms with Gasteiger partial charge in [0.1, 0.15) is 24.1 Å². The minimum Gasteiger partial charge on any atom is -0.388 e. The van der Waals surface area contributed by atoms with Crippen molar-refractivity contribution in [2.45, 2.75) is 76.0 Å². The highest BCUT2D eigenvalue weighted by Gasteiger charge is 2.48. The van der Waals surface area contributed by atoms with Gasteiger partial charge in [0, 0.05) is 6.42 Å². The normalized spacial score (nSPS) is 29.6. The van der Waals surface area contributed by atoms with Gasteiger partial charge in [0.25, 0.3) is 0 Å². The number of aromatic nitrogens is 4.